The summed E-state index contributed by atoms with van der Waals surface area (Å²) >= 11 is 5.40. The lowest BCUT2D eigenvalue weighted by molar-refractivity contribution is 0.0953. The van der Waals surface area contributed by atoms with Crippen molar-refractivity contribution in [2.75, 3.05) is 31.9 Å². The lowest BCUT2D eigenvalue weighted by Gasteiger charge is -2.13. The number of benzene rings is 1. The first-order valence-corrected chi connectivity index (χ1v) is 10.7. The Morgan fingerprint density at radius 1 is 1.32 bits per heavy atom. The minimum absolute atomic E-state index is 0.0415. The number of amides is 1. The van der Waals surface area contributed by atoms with E-state index in [0.717, 1.165) is 36.5 Å². The summed E-state index contributed by atoms with van der Waals surface area (Å²) in [6.45, 7) is 5.21. The Bertz CT molecular complexity index is 576. The van der Waals surface area contributed by atoms with E-state index in [0.29, 0.717) is 17.4 Å². The van der Waals surface area contributed by atoms with E-state index in [-0.39, 0.29) is 5.91 Å². The number of aliphatic imine (C=N–C) groups is 1. The van der Waals surface area contributed by atoms with Crippen LogP contribution in [0.1, 0.15) is 36.5 Å². The molecule has 0 bridgehead atoms. The average molecular weight is 427 g/mol. The van der Waals surface area contributed by atoms with Crippen molar-refractivity contribution in [3.05, 3.63) is 34.3 Å². The highest BCUT2D eigenvalue weighted by atomic mass is 79.9. The van der Waals surface area contributed by atoms with Crippen molar-refractivity contribution in [1.82, 2.24) is 16.0 Å². The van der Waals surface area contributed by atoms with Crippen LogP contribution >= 0.6 is 27.7 Å². The molecule has 1 aromatic carbocycles. The molecule has 0 radical (unpaired) electrons. The fourth-order valence-electron chi connectivity index (χ4n) is 2.55. The number of thioether (sulfide) groups is 1. The molecule has 1 aromatic rings. The summed E-state index contributed by atoms with van der Waals surface area (Å²) in [6, 6.07) is 7.41. The molecule has 3 N–H and O–H groups in total. The van der Waals surface area contributed by atoms with Crippen molar-refractivity contribution in [3.63, 3.8) is 0 Å². The van der Waals surface area contributed by atoms with Gasteiger partial charge in [-0.2, -0.15) is 11.8 Å². The van der Waals surface area contributed by atoms with E-state index in [9.17, 15) is 4.79 Å². The minimum atomic E-state index is -0.0415. The van der Waals surface area contributed by atoms with Gasteiger partial charge in [0.05, 0.1) is 6.54 Å². The molecule has 0 aliphatic carbocycles. The highest BCUT2D eigenvalue weighted by molar-refractivity contribution is 9.10. The first kappa shape index (κ1) is 20.1. The van der Waals surface area contributed by atoms with Crippen LogP contribution in [0.4, 0.5) is 0 Å². The molecule has 7 heteroatoms. The monoisotopic (exact) mass is 426 g/mol. The molecular formula is C18H27BrN4OS. The van der Waals surface area contributed by atoms with E-state index in [1.165, 1.54) is 18.6 Å². The maximum absolute atomic E-state index is 12.1. The van der Waals surface area contributed by atoms with Crippen LogP contribution in [0.3, 0.4) is 0 Å². The van der Waals surface area contributed by atoms with Crippen LogP contribution in [0.5, 0.6) is 0 Å². The van der Waals surface area contributed by atoms with E-state index >= 15 is 0 Å². The van der Waals surface area contributed by atoms with Crippen LogP contribution in [0.15, 0.2) is 33.7 Å². The van der Waals surface area contributed by atoms with Gasteiger partial charge < -0.3 is 16.0 Å². The molecule has 138 valence electrons. The van der Waals surface area contributed by atoms with Crippen molar-refractivity contribution >= 4 is 39.6 Å². The Labute approximate surface area is 163 Å². The lowest BCUT2D eigenvalue weighted by atomic mass is 10.2. The molecule has 1 aliphatic rings. The molecule has 0 aromatic heterocycles. The normalized spacial score (nSPS) is 17.4. The van der Waals surface area contributed by atoms with Crippen molar-refractivity contribution in [3.8, 4) is 0 Å². The average Bonchev–Trinajstić information content (AvgIpc) is 3.12. The molecule has 2 rings (SSSR count). The minimum Gasteiger partial charge on any atom is -0.357 e. The fraction of sp³-hybridized carbons (Fsp3) is 0.556. The van der Waals surface area contributed by atoms with Crippen LogP contribution < -0.4 is 16.0 Å². The third-order valence-electron chi connectivity index (χ3n) is 3.84. The number of carbonyl (C=O) groups excluding carboxylic acids is 1. The van der Waals surface area contributed by atoms with Crippen LogP contribution in [0.25, 0.3) is 0 Å². The van der Waals surface area contributed by atoms with Crippen LogP contribution in [0, 0.1) is 0 Å². The zero-order valence-electron chi connectivity index (χ0n) is 14.7. The molecule has 1 aliphatic heterocycles. The molecular weight excluding hydrogens is 400 g/mol. The number of hydrogen-bond acceptors (Lipinski definition) is 3. The molecule has 0 spiro atoms. The fourth-order valence-corrected chi connectivity index (χ4v) is 4.13. The summed E-state index contributed by atoms with van der Waals surface area (Å²) in [5.74, 6) is 2.09. The largest absolute Gasteiger partial charge is 0.357 e. The molecule has 1 unspecified atom stereocenters. The molecule has 1 atom stereocenters. The summed E-state index contributed by atoms with van der Waals surface area (Å²) in [5, 5.41) is 10.2. The highest BCUT2D eigenvalue weighted by Gasteiger charge is 2.14. The van der Waals surface area contributed by atoms with Crippen molar-refractivity contribution in [1.29, 1.82) is 0 Å². The van der Waals surface area contributed by atoms with Gasteiger partial charge in [0.1, 0.15) is 0 Å². The van der Waals surface area contributed by atoms with Gasteiger partial charge in [-0.3, -0.25) is 9.79 Å². The molecule has 0 saturated carbocycles. The number of nitrogens with zero attached hydrogens (tertiary/aromatic N) is 1. The predicted octanol–water partition coefficient (Wildman–Crippen LogP) is 3.02. The second-order valence-electron chi connectivity index (χ2n) is 5.90. The van der Waals surface area contributed by atoms with Crippen molar-refractivity contribution in [2.24, 2.45) is 4.99 Å². The smallest absolute Gasteiger partial charge is 0.251 e. The van der Waals surface area contributed by atoms with Gasteiger partial charge in [-0.15, -0.1) is 0 Å². The maximum atomic E-state index is 12.1. The van der Waals surface area contributed by atoms with Gasteiger partial charge in [-0.25, -0.2) is 0 Å². The summed E-state index contributed by atoms with van der Waals surface area (Å²) in [5.41, 5.74) is 0.672. The number of guanidine groups is 1. The topological polar surface area (TPSA) is 65.5 Å². The number of halogens is 1. The van der Waals surface area contributed by atoms with E-state index < -0.39 is 0 Å². The van der Waals surface area contributed by atoms with Crippen LogP contribution in [-0.2, 0) is 0 Å². The lowest BCUT2D eigenvalue weighted by Crippen LogP contribution is -2.39. The first-order chi connectivity index (χ1) is 12.2. The number of hydrogen-bond donors (Lipinski definition) is 3. The van der Waals surface area contributed by atoms with Gasteiger partial charge in [0, 0.05) is 34.9 Å². The molecule has 1 heterocycles. The zero-order chi connectivity index (χ0) is 17.9. The summed E-state index contributed by atoms with van der Waals surface area (Å²) in [7, 11) is 0. The number of rotatable bonds is 8. The Hall–Kier alpha value is -1.21. The highest BCUT2D eigenvalue weighted by Crippen LogP contribution is 2.25. The first-order valence-electron chi connectivity index (χ1n) is 8.86. The molecule has 25 heavy (non-hydrogen) atoms. The van der Waals surface area contributed by atoms with Crippen LogP contribution in [0.2, 0.25) is 0 Å². The van der Waals surface area contributed by atoms with E-state index in [1.54, 1.807) is 0 Å². The van der Waals surface area contributed by atoms with Gasteiger partial charge in [0.25, 0.3) is 5.91 Å². The van der Waals surface area contributed by atoms with Crippen LogP contribution in [-0.4, -0.2) is 49.0 Å². The SMILES string of the molecule is CCNC(=NCC1CCCS1)NCCCNC(=O)c1cccc(Br)c1. The summed E-state index contributed by atoms with van der Waals surface area (Å²) < 4.78 is 0.911. The predicted molar refractivity (Wildman–Crippen MR) is 111 cm³/mol. The maximum Gasteiger partial charge on any atom is 0.251 e. The zero-order valence-corrected chi connectivity index (χ0v) is 17.1. The van der Waals surface area contributed by atoms with Crippen molar-refractivity contribution < 1.29 is 4.79 Å². The van der Waals surface area contributed by atoms with E-state index in [2.05, 4.69) is 43.8 Å². The van der Waals surface area contributed by atoms with Gasteiger partial charge in [-0.05, 0) is 50.1 Å². The van der Waals surface area contributed by atoms with Gasteiger partial charge >= 0.3 is 0 Å². The van der Waals surface area contributed by atoms with Gasteiger partial charge in [0.2, 0.25) is 0 Å². The number of nitrogens with one attached hydrogen (secondary N) is 3. The third-order valence-corrected chi connectivity index (χ3v) is 5.71. The molecule has 1 fully saturated rings. The third kappa shape index (κ3) is 7.69. The second kappa shape index (κ2) is 11.4. The molecule has 1 amide bonds. The molecule has 5 nitrogen and oxygen atoms in total. The second-order valence-corrected chi connectivity index (χ2v) is 8.23. The Morgan fingerprint density at radius 3 is 2.88 bits per heavy atom. The Balaban J connectivity index is 1.65. The van der Waals surface area contributed by atoms with Gasteiger partial charge in [-0.1, -0.05) is 22.0 Å². The standard InChI is InChI=1S/C18H27BrN4OS/c1-2-20-18(23-13-16-8-4-11-25-16)22-10-5-9-21-17(24)14-6-3-7-15(19)12-14/h3,6-7,12,16H,2,4-5,8-11,13H2,1H3,(H,21,24)(H2,20,22,23). The Morgan fingerprint density at radius 2 is 2.16 bits per heavy atom. The summed E-state index contributed by atoms with van der Waals surface area (Å²) in [4.78, 5) is 16.7. The summed E-state index contributed by atoms with van der Waals surface area (Å²) in [6.07, 6.45) is 3.43. The quantitative estimate of drug-likeness (QED) is 0.339. The van der Waals surface area contributed by atoms with E-state index in [4.69, 9.17) is 0 Å². The number of carbonyl (C=O) groups is 1. The Kier molecular flexibility index (Phi) is 9.18. The molecule has 1 saturated heterocycles. The van der Waals surface area contributed by atoms with Crippen molar-refractivity contribution in [2.45, 2.75) is 31.4 Å². The van der Waals surface area contributed by atoms with E-state index in [1.807, 2.05) is 36.0 Å². The van der Waals surface area contributed by atoms with Gasteiger partial charge in [0.15, 0.2) is 5.96 Å².